The standard InChI is InChI=1S/C17H18N2O5/c1-3-10-14(18-16(21)13(15(10)20)17(22)23)9-4-5-11-12(8-9)24-7-6-19(11)2/h4-5,8H,3,6-7H2,1-2H3,(H,22,23)(H2,18,20,21). The number of hydrogen-bond donors (Lipinski definition) is 3. The van der Waals surface area contributed by atoms with E-state index in [4.69, 9.17) is 9.84 Å². The normalized spacial score (nSPS) is 13.3. The lowest BCUT2D eigenvalue weighted by atomic mass is 9.99. The van der Waals surface area contributed by atoms with Crippen LogP contribution in [0.3, 0.4) is 0 Å². The van der Waals surface area contributed by atoms with Crippen molar-refractivity contribution < 1.29 is 19.7 Å². The molecule has 0 atom stereocenters. The van der Waals surface area contributed by atoms with Gasteiger partial charge in [0.1, 0.15) is 18.1 Å². The largest absolute Gasteiger partial charge is 0.506 e. The molecule has 1 aromatic heterocycles. The Labute approximate surface area is 138 Å². The predicted octanol–water partition coefficient (Wildman–Crippen LogP) is 1.84. The van der Waals surface area contributed by atoms with Gasteiger partial charge in [0.05, 0.1) is 17.9 Å². The van der Waals surface area contributed by atoms with E-state index in [0.29, 0.717) is 35.6 Å². The van der Waals surface area contributed by atoms with Crippen molar-refractivity contribution in [2.45, 2.75) is 13.3 Å². The van der Waals surface area contributed by atoms with E-state index in [1.165, 1.54) is 0 Å². The molecule has 0 fully saturated rings. The number of aromatic carboxylic acids is 1. The fourth-order valence-electron chi connectivity index (χ4n) is 2.93. The van der Waals surface area contributed by atoms with Gasteiger partial charge in [0.15, 0.2) is 5.56 Å². The molecule has 7 heteroatoms. The van der Waals surface area contributed by atoms with Crippen LogP contribution in [0.4, 0.5) is 5.69 Å². The molecule has 1 aliphatic heterocycles. The minimum atomic E-state index is -1.45. The second-order valence-corrected chi connectivity index (χ2v) is 5.64. The van der Waals surface area contributed by atoms with Gasteiger partial charge in [0.2, 0.25) is 0 Å². The Balaban J connectivity index is 2.20. The number of nitrogens with one attached hydrogen (secondary N) is 1. The molecule has 0 saturated heterocycles. The number of aromatic hydroxyl groups is 1. The second-order valence-electron chi connectivity index (χ2n) is 5.64. The first kappa shape index (κ1) is 15.9. The van der Waals surface area contributed by atoms with Crippen LogP contribution in [0, 0.1) is 0 Å². The molecule has 7 nitrogen and oxygen atoms in total. The summed E-state index contributed by atoms with van der Waals surface area (Å²) in [6.45, 7) is 3.13. The van der Waals surface area contributed by atoms with E-state index in [1.807, 2.05) is 19.2 Å². The van der Waals surface area contributed by atoms with Crippen LogP contribution in [0.5, 0.6) is 11.5 Å². The maximum Gasteiger partial charge on any atom is 0.345 e. The predicted molar refractivity (Wildman–Crippen MR) is 89.3 cm³/mol. The van der Waals surface area contributed by atoms with Crippen LogP contribution in [0.15, 0.2) is 23.0 Å². The topological polar surface area (TPSA) is 103 Å². The third kappa shape index (κ3) is 2.47. The number of benzene rings is 1. The number of ether oxygens (including phenoxy) is 1. The first-order valence-corrected chi connectivity index (χ1v) is 7.63. The van der Waals surface area contributed by atoms with E-state index in [2.05, 4.69) is 9.88 Å². The fourth-order valence-corrected chi connectivity index (χ4v) is 2.93. The molecule has 1 aliphatic rings. The molecule has 1 aromatic carbocycles. The number of H-pyrrole nitrogens is 1. The van der Waals surface area contributed by atoms with Crippen molar-refractivity contribution in [3.05, 3.63) is 39.7 Å². The van der Waals surface area contributed by atoms with E-state index < -0.39 is 22.8 Å². The maximum atomic E-state index is 12.0. The SMILES string of the molecule is CCc1c(-c2ccc3c(c2)OCCN3C)[nH]c(=O)c(C(=O)O)c1O. The zero-order chi connectivity index (χ0) is 17.4. The van der Waals surface area contributed by atoms with Gasteiger partial charge in [-0.05, 0) is 18.6 Å². The van der Waals surface area contributed by atoms with Crippen molar-refractivity contribution in [1.82, 2.24) is 4.98 Å². The van der Waals surface area contributed by atoms with Gasteiger partial charge >= 0.3 is 5.97 Å². The van der Waals surface area contributed by atoms with Crippen molar-refractivity contribution in [3.63, 3.8) is 0 Å². The van der Waals surface area contributed by atoms with Crippen molar-refractivity contribution in [1.29, 1.82) is 0 Å². The highest BCUT2D eigenvalue weighted by atomic mass is 16.5. The lowest BCUT2D eigenvalue weighted by Crippen LogP contribution is -2.28. The Bertz CT molecular complexity index is 872. The van der Waals surface area contributed by atoms with Crippen LogP contribution < -0.4 is 15.2 Å². The molecular weight excluding hydrogens is 312 g/mol. The highest BCUT2D eigenvalue weighted by molar-refractivity contribution is 5.92. The van der Waals surface area contributed by atoms with E-state index in [9.17, 15) is 14.7 Å². The number of rotatable bonds is 3. The summed E-state index contributed by atoms with van der Waals surface area (Å²) in [4.78, 5) is 27.9. The quantitative estimate of drug-likeness (QED) is 0.793. The number of pyridine rings is 1. The van der Waals surface area contributed by atoms with Gasteiger partial charge in [0.25, 0.3) is 5.56 Å². The number of nitrogens with zero attached hydrogens (tertiary/aromatic N) is 1. The van der Waals surface area contributed by atoms with Crippen LogP contribution in [0.2, 0.25) is 0 Å². The number of hydrogen-bond acceptors (Lipinski definition) is 5. The first-order chi connectivity index (χ1) is 11.4. The molecule has 2 aromatic rings. The van der Waals surface area contributed by atoms with E-state index in [1.54, 1.807) is 13.0 Å². The molecule has 3 N–H and O–H groups in total. The molecular formula is C17H18N2O5. The highest BCUT2D eigenvalue weighted by Gasteiger charge is 2.23. The third-order valence-corrected chi connectivity index (χ3v) is 4.20. The summed E-state index contributed by atoms with van der Waals surface area (Å²) in [7, 11) is 1.97. The van der Waals surface area contributed by atoms with Crippen molar-refractivity contribution in [3.8, 4) is 22.8 Å². The second kappa shape index (κ2) is 5.92. The summed E-state index contributed by atoms with van der Waals surface area (Å²) >= 11 is 0. The van der Waals surface area contributed by atoms with E-state index >= 15 is 0 Å². The summed E-state index contributed by atoms with van der Waals surface area (Å²) in [5, 5.41) is 19.3. The van der Waals surface area contributed by atoms with E-state index in [0.717, 1.165) is 12.2 Å². The Morgan fingerprint density at radius 3 is 2.83 bits per heavy atom. The Hall–Kier alpha value is -2.96. The monoisotopic (exact) mass is 330 g/mol. The molecule has 0 aliphatic carbocycles. The van der Waals surface area contributed by atoms with Crippen LogP contribution >= 0.6 is 0 Å². The number of carboxylic acid groups (broad SMARTS) is 1. The van der Waals surface area contributed by atoms with Gasteiger partial charge in [-0.3, -0.25) is 4.79 Å². The average molecular weight is 330 g/mol. The van der Waals surface area contributed by atoms with Gasteiger partial charge in [-0.2, -0.15) is 0 Å². The fraction of sp³-hybridized carbons (Fsp3) is 0.294. The smallest absolute Gasteiger partial charge is 0.345 e. The zero-order valence-corrected chi connectivity index (χ0v) is 13.4. The molecule has 3 rings (SSSR count). The number of carboxylic acids is 1. The van der Waals surface area contributed by atoms with Crippen LogP contribution in [0.1, 0.15) is 22.8 Å². The number of likely N-dealkylation sites (N-methyl/N-ethyl adjacent to an activating group) is 1. The van der Waals surface area contributed by atoms with Crippen molar-refractivity contribution in [2.75, 3.05) is 25.1 Å². The van der Waals surface area contributed by atoms with Gasteiger partial charge in [0, 0.05) is 18.2 Å². The molecule has 0 radical (unpaired) electrons. The molecule has 0 bridgehead atoms. The molecule has 0 saturated carbocycles. The van der Waals surface area contributed by atoms with Crippen LogP contribution in [-0.2, 0) is 6.42 Å². The first-order valence-electron chi connectivity index (χ1n) is 7.63. The Kier molecular flexibility index (Phi) is 3.92. The number of fused-ring (bicyclic) bond motifs is 1. The van der Waals surface area contributed by atoms with Crippen LogP contribution in [0.25, 0.3) is 11.3 Å². The number of anilines is 1. The van der Waals surface area contributed by atoms with Gasteiger partial charge in [-0.1, -0.05) is 13.0 Å². The van der Waals surface area contributed by atoms with Gasteiger partial charge in [-0.15, -0.1) is 0 Å². The summed E-state index contributed by atoms with van der Waals surface area (Å²) in [6, 6.07) is 5.48. The van der Waals surface area contributed by atoms with Crippen LogP contribution in [-0.4, -0.2) is 41.4 Å². The number of aromatic amines is 1. The molecule has 0 amide bonds. The lowest BCUT2D eigenvalue weighted by Gasteiger charge is -2.28. The summed E-state index contributed by atoms with van der Waals surface area (Å²) in [5.41, 5.74) is 0.926. The molecule has 2 heterocycles. The van der Waals surface area contributed by atoms with E-state index in [-0.39, 0.29) is 0 Å². The summed E-state index contributed by atoms with van der Waals surface area (Å²) in [5.74, 6) is -1.25. The molecule has 0 spiro atoms. The minimum absolute atomic E-state index is 0.371. The summed E-state index contributed by atoms with van der Waals surface area (Å²) in [6.07, 6.45) is 0.371. The lowest BCUT2D eigenvalue weighted by molar-refractivity contribution is 0.0691. The molecule has 0 unspecified atom stereocenters. The maximum absolute atomic E-state index is 12.0. The minimum Gasteiger partial charge on any atom is -0.506 e. The highest BCUT2D eigenvalue weighted by Crippen LogP contribution is 2.37. The number of carbonyl (C=O) groups is 1. The zero-order valence-electron chi connectivity index (χ0n) is 13.4. The van der Waals surface area contributed by atoms with Crippen molar-refractivity contribution in [2.24, 2.45) is 0 Å². The molecule has 24 heavy (non-hydrogen) atoms. The number of aromatic nitrogens is 1. The summed E-state index contributed by atoms with van der Waals surface area (Å²) < 4.78 is 5.66. The average Bonchev–Trinajstić information content (AvgIpc) is 2.54. The third-order valence-electron chi connectivity index (χ3n) is 4.20. The van der Waals surface area contributed by atoms with Gasteiger partial charge < -0.3 is 24.8 Å². The molecule has 126 valence electrons. The van der Waals surface area contributed by atoms with Gasteiger partial charge in [-0.25, -0.2) is 4.79 Å². The Morgan fingerprint density at radius 1 is 1.42 bits per heavy atom. The van der Waals surface area contributed by atoms with Crippen molar-refractivity contribution >= 4 is 11.7 Å². The Morgan fingerprint density at radius 2 is 2.17 bits per heavy atom.